The number of carbonyl (C=O) groups excluding carboxylic acids is 2. The number of benzene rings is 2. The third-order valence-electron chi connectivity index (χ3n) is 3.48. The second-order valence-electron chi connectivity index (χ2n) is 5.70. The summed E-state index contributed by atoms with van der Waals surface area (Å²) in [5.41, 5.74) is 3.03. The maximum Gasteiger partial charge on any atom is 0.270 e. The van der Waals surface area contributed by atoms with Crippen LogP contribution in [0.15, 0.2) is 53.6 Å². The maximum atomic E-state index is 12.0. The molecule has 2 rings (SSSR count). The molecule has 2 aromatic carbocycles. The quantitative estimate of drug-likeness (QED) is 0.390. The van der Waals surface area contributed by atoms with Crippen molar-refractivity contribution in [2.24, 2.45) is 5.10 Å². The van der Waals surface area contributed by atoms with E-state index in [4.69, 9.17) is 4.74 Å². The van der Waals surface area contributed by atoms with Crippen LogP contribution in [0.2, 0.25) is 0 Å². The summed E-state index contributed by atoms with van der Waals surface area (Å²) in [6.07, 6.45) is 2.17. The largest absolute Gasteiger partial charge is 0.494 e. The lowest BCUT2D eigenvalue weighted by molar-refractivity contribution is -0.384. The highest BCUT2D eigenvalue weighted by atomic mass is 16.6. The highest BCUT2D eigenvalue weighted by Gasteiger charge is 2.08. The summed E-state index contributed by atoms with van der Waals surface area (Å²) in [4.78, 5) is 34.0. The minimum absolute atomic E-state index is 0.0753. The Bertz CT molecular complexity index is 865. The number of hydrazone groups is 1. The highest BCUT2D eigenvalue weighted by molar-refractivity contribution is 5.96. The number of ether oxygens (including phenoxy) is 1. The Kier molecular flexibility index (Phi) is 7.64. The summed E-state index contributed by atoms with van der Waals surface area (Å²) in [5, 5.41) is 16.9. The van der Waals surface area contributed by atoms with E-state index in [1.807, 2.05) is 6.92 Å². The zero-order valence-corrected chi connectivity index (χ0v) is 15.3. The van der Waals surface area contributed by atoms with Crippen molar-refractivity contribution in [2.75, 3.05) is 13.2 Å². The van der Waals surface area contributed by atoms with Gasteiger partial charge in [-0.05, 0) is 30.7 Å². The van der Waals surface area contributed by atoms with Gasteiger partial charge in [-0.25, -0.2) is 5.43 Å². The topological polar surface area (TPSA) is 123 Å². The molecule has 2 aromatic rings. The number of hydrogen-bond acceptors (Lipinski definition) is 6. The van der Waals surface area contributed by atoms with E-state index in [-0.39, 0.29) is 12.2 Å². The molecule has 0 unspecified atom stereocenters. The number of hydrogen-bond donors (Lipinski definition) is 2. The molecule has 0 atom stereocenters. The fraction of sp³-hybridized carbons (Fsp3) is 0.211. The Hall–Kier alpha value is -3.75. The second-order valence-corrected chi connectivity index (χ2v) is 5.70. The van der Waals surface area contributed by atoms with Crippen LogP contribution in [-0.2, 0) is 4.79 Å². The molecule has 0 saturated carbocycles. The summed E-state index contributed by atoms with van der Waals surface area (Å²) in [6.45, 7) is 2.34. The Labute approximate surface area is 161 Å². The van der Waals surface area contributed by atoms with E-state index >= 15 is 0 Å². The zero-order valence-electron chi connectivity index (χ0n) is 15.3. The summed E-state index contributed by atoms with van der Waals surface area (Å²) >= 11 is 0. The van der Waals surface area contributed by atoms with E-state index in [1.165, 1.54) is 24.4 Å². The van der Waals surface area contributed by atoms with Gasteiger partial charge in [-0.1, -0.05) is 19.1 Å². The van der Waals surface area contributed by atoms with Crippen molar-refractivity contribution in [3.05, 3.63) is 69.8 Å². The molecule has 0 aliphatic heterocycles. The molecule has 0 fully saturated rings. The van der Waals surface area contributed by atoms with Gasteiger partial charge in [-0.15, -0.1) is 0 Å². The fourth-order valence-electron chi connectivity index (χ4n) is 2.12. The number of amides is 2. The van der Waals surface area contributed by atoms with Gasteiger partial charge in [0.1, 0.15) is 5.75 Å². The van der Waals surface area contributed by atoms with Crippen LogP contribution >= 0.6 is 0 Å². The summed E-state index contributed by atoms with van der Waals surface area (Å²) in [6, 6.07) is 12.4. The van der Waals surface area contributed by atoms with E-state index in [0.29, 0.717) is 23.5 Å². The van der Waals surface area contributed by atoms with Crippen LogP contribution in [0, 0.1) is 10.1 Å². The van der Waals surface area contributed by atoms with E-state index in [9.17, 15) is 19.7 Å². The number of rotatable bonds is 9. The third-order valence-corrected chi connectivity index (χ3v) is 3.48. The third kappa shape index (κ3) is 6.52. The first-order valence-corrected chi connectivity index (χ1v) is 8.57. The highest BCUT2D eigenvalue weighted by Crippen LogP contribution is 2.12. The van der Waals surface area contributed by atoms with E-state index in [0.717, 1.165) is 6.42 Å². The van der Waals surface area contributed by atoms with Crippen LogP contribution in [-0.4, -0.2) is 36.1 Å². The lowest BCUT2D eigenvalue weighted by Gasteiger charge is -2.07. The van der Waals surface area contributed by atoms with Crippen LogP contribution in [0.5, 0.6) is 5.75 Å². The molecule has 0 aromatic heterocycles. The van der Waals surface area contributed by atoms with Crippen LogP contribution in [0.25, 0.3) is 0 Å². The average Bonchev–Trinajstić information content (AvgIpc) is 2.71. The molecular weight excluding hydrogens is 364 g/mol. The first-order valence-electron chi connectivity index (χ1n) is 8.57. The predicted molar refractivity (Wildman–Crippen MR) is 103 cm³/mol. The molecule has 0 bridgehead atoms. The lowest BCUT2D eigenvalue weighted by Crippen LogP contribution is -2.34. The van der Waals surface area contributed by atoms with Gasteiger partial charge in [0, 0.05) is 23.3 Å². The minimum Gasteiger partial charge on any atom is -0.494 e. The van der Waals surface area contributed by atoms with Gasteiger partial charge >= 0.3 is 0 Å². The fourth-order valence-corrected chi connectivity index (χ4v) is 2.12. The van der Waals surface area contributed by atoms with Crippen molar-refractivity contribution in [3.8, 4) is 5.75 Å². The minimum atomic E-state index is -0.530. The molecule has 2 N–H and O–H groups in total. The monoisotopic (exact) mass is 384 g/mol. The zero-order chi connectivity index (χ0) is 20.4. The van der Waals surface area contributed by atoms with Gasteiger partial charge in [0.15, 0.2) is 0 Å². The second kappa shape index (κ2) is 10.4. The molecule has 0 radical (unpaired) electrons. The van der Waals surface area contributed by atoms with Crippen LogP contribution in [0.1, 0.15) is 29.3 Å². The lowest BCUT2D eigenvalue weighted by atomic mass is 10.2. The van der Waals surface area contributed by atoms with E-state index in [2.05, 4.69) is 15.8 Å². The SMILES string of the molecule is CCCOc1ccc(C(=O)NCC(=O)NN=Cc2cccc([N+](=O)[O-])c2)cc1. The Balaban J connectivity index is 1.79. The van der Waals surface area contributed by atoms with Crippen LogP contribution < -0.4 is 15.5 Å². The molecule has 0 aliphatic rings. The Morgan fingerprint density at radius 2 is 1.96 bits per heavy atom. The number of non-ortho nitro benzene ring substituents is 1. The molecule has 28 heavy (non-hydrogen) atoms. The first-order chi connectivity index (χ1) is 13.5. The number of carbonyl (C=O) groups is 2. The van der Waals surface area contributed by atoms with Crippen LogP contribution in [0.4, 0.5) is 5.69 Å². The standard InChI is InChI=1S/C19H20N4O5/c1-2-10-28-17-8-6-15(7-9-17)19(25)20-13-18(24)22-21-12-14-4-3-5-16(11-14)23(26)27/h3-9,11-12H,2,10,13H2,1H3,(H,20,25)(H,22,24). The number of nitro groups is 1. The summed E-state index contributed by atoms with van der Waals surface area (Å²) in [5.74, 6) is -0.260. The molecule has 9 heteroatoms. The van der Waals surface area contributed by atoms with Crippen molar-refractivity contribution < 1.29 is 19.2 Å². The average molecular weight is 384 g/mol. The number of nitro benzene ring substituents is 1. The van der Waals surface area contributed by atoms with Gasteiger partial charge in [-0.3, -0.25) is 19.7 Å². The van der Waals surface area contributed by atoms with Gasteiger partial charge in [-0.2, -0.15) is 5.10 Å². The number of nitrogens with one attached hydrogen (secondary N) is 2. The molecule has 0 heterocycles. The molecular formula is C19H20N4O5. The number of nitrogens with zero attached hydrogens (tertiary/aromatic N) is 2. The first kappa shape index (κ1) is 20.6. The Morgan fingerprint density at radius 3 is 2.64 bits per heavy atom. The van der Waals surface area contributed by atoms with Crippen LogP contribution in [0.3, 0.4) is 0 Å². The normalized spacial score (nSPS) is 10.5. The van der Waals surface area contributed by atoms with Gasteiger partial charge < -0.3 is 10.1 Å². The van der Waals surface area contributed by atoms with Crippen molar-refractivity contribution in [1.82, 2.24) is 10.7 Å². The van der Waals surface area contributed by atoms with Crippen molar-refractivity contribution in [2.45, 2.75) is 13.3 Å². The van der Waals surface area contributed by atoms with Gasteiger partial charge in [0.25, 0.3) is 17.5 Å². The smallest absolute Gasteiger partial charge is 0.270 e. The van der Waals surface area contributed by atoms with E-state index < -0.39 is 16.7 Å². The van der Waals surface area contributed by atoms with Crippen molar-refractivity contribution in [3.63, 3.8) is 0 Å². The molecule has 0 saturated heterocycles. The van der Waals surface area contributed by atoms with Crippen molar-refractivity contribution >= 4 is 23.7 Å². The maximum absolute atomic E-state index is 12.0. The summed E-state index contributed by atoms with van der Waals surface area (Å²) in [7, 11) is 0. The van der Waals surface area contributed by atoms with Crippen molar-refractivity contribution in [1.29, 1.82) is 0 Å². The molecule has 146 valence electrons. The molecule has 0 spiro atoms. The van der Waals surface area contributed by atoms with Gasteiger partial charge in [0.05, 0.1) is 24.3 Å². The van der Waals surface area contributed by atoms with Gasteiger partial charge in [0.2, 0.25) is 0 Å². The molecule has 0 aliphatic carbocycles. The Morgan fingerprint density at radius 1 is 1.21 bits per heavy atom. The molecule has 2 amide bonds. The molecule has 9 nitrogen and oxygen atoms in total. The predicted octanol–water partition coefficient (Wildman–Crippen LogP) is 2.26. The summed E-state index contributed by atoms with van der Waals surface area (Å²) < 4.78 is 5.44. The van der Waals surface area contributed by atoms with E-state index in [1.54, 1.807) is 30.3 Å².